The summed E-state index contributed by atoms with van der Waals surface area (Å²) >= 11 is 1.88. The summed E-state index contributed by atoms with van der Waals surface area (Å²) in [5.74, 6) is 1.37. The summed E-state index contributed by atoms with van der Waals surface area (Å²) in [5, 5.41) is 9.35. The summed E-state index contributed by atoms with van der Waals surface area (Å²) < 4.78 is 48.1. The first-order valence-electron chi connectivity index (χ1n) is 17.9. The molecule has 4 aromatic rings. The summed E-state index contributed by atoms with van der Waals surface area (Å²) in [6.45, 7) is 8.30. The first-order chi connectivity index (χ1) is 26.5. The van der Waals surface area contributed by atoms with Gasteiger partial charge >= 0.3 is 5.69 Å². The van der Waals surface area contributed by atoms with Crippen molar-refractivity contribution in [2.75, 3.05) is 34.5 Å². The van der Waals surface area contributed by atoms with Crippen molar-refractivity contribution in [1.82, 2.24) is 14.2 Å². The molecule has 1 aliphatic heterocycles. The van der Waals surface area contributed by atoms with E-state index in [4.69, 9.17) is 32.7 Å². The quantitative estimate of drug-likeness (QED) is 0.0491. The lowest BCUT2D eigenvalue weighted by Gasteiger charge is -2.39. The molecule has 13 nitrogen and oxygen atoms in total. The van der Waals surface area contributed by atoms with Gasteiger partial charge in [-0.25, -0.2) is 9.46 Å². The number of nitrogens with zero attached hydrogens (tertiary/aromatic N) is 3. The van der Waals surface area contributed by atoms with Gasteiger partial charge in [-0.1, -0.05) is 54.6 Å². The van der Waals surface area contributed by atoms with E-state index in [1.165, 1.54) is 17.9 Å². The maximum Gasteiger partial charge on any atom is 0.330 e. The summed E-state index contributed by atoms with van der Waals surface area (Å²) in [6, 6.07) is 27.5. The molecule has 15 heteroatoms. The van der Waals surface area contributed by atoms with Gasteiger partial charge in [0.1, 0.15) is 35.4 Å². The van der Waals surface area contributed by atoms with E-state index in [2.05, 4.69) is 43.4 Å². The molecule has 294 valence electrons. The lowest BCUT2D eigenvalue weighted by Crippen LogP contribution is -2.43. The first-order valence-corrected chi connectivity index (χ1v) is 20.1. The number of aromatic amines is 1. The molecule has 0 saturated carbocycles. The molecule has 1 fully saturated rings. The van der Waals surface area contributed by atoms with Gasteiger partial charge in [0, 0.05) is 25.4 Å². The molecule has 0 bridgehead atoms. The molecule has 0 aliphatic carbocycles. The van der Waals surface area contributed by atoms with E-state index in [9.17, 15) is 14.9 Å². The predicted octanol–water partition coefficient (Wildman–Crippen LogP) is 6.74. The van der Waals surface area contributed by atoms with Gasteiger partial charge in [0.2, 0.25) is 0 Å². The number of aromatic nitrogens is 2. The molecule has 5 rings (SSSR count). The molecule has 1 saturated heterocycles. The third-order valence-corrected chi connectivity index (χ3v) is 12.2. The average molecular weight is 887 g/mol. The van der Waals surface area contributed by atoms with Crippen LogP contribution in [0.5, 0.6) is 11.5 Å². The van der Waals surface area contributed by atoms with Gasteiger partial charge in [0.05, 0.1) is 43.5 Å². The Labute approximate surface area is 336 Å². The van der Waals surface area contributed by atoms with E-state index in [1.807, 2.05) is 101 Å². The fourth-order valence-electron chi connectivity index (χ4n) is 6.77. The second-order valence-corrected chi connectivity index (χ2v) is 15.9. The highest BCUT2D eigenvalue weighted by molar-refractivity contribution is 14.1. The second kappa shape index (κ2) is 19.5. The van der Waals surface area contributed by atoms with Gasteiger partial charge in [0.15, 0.2) is 6.23 Å². The van der Waals surface area contributed by atoms with Crippen LogP contribution in [-0.4, -0.2) is 79.2 Å². The Hall–Kier alpha value is -3.65. The maximum atomic E-state index is 13.3. The Morgan fingerprint density at radius 3 is 1.96 bits per heavy atom. The van der Waals surface area contributed by atoms with Gasteiger partial charge < -0.3 is 32.7 Å². The van der Waals surface area contributed by atoms with Crippen LogP contribution in [0.25, 0.3) is 0 Å². The Bertz CT molecular complexity index is 1930. The number of rotatable bonds is 18. The van der Waals surface area contributed by atoms with Crippen LogP contribution in [0.3, 0.4) is 0 Å². The molecule has 2 heterocycles. The Morgan fingerprint density at radius 1 is 0.891 bits per heavy atom. The molecule has 55 heavy (non-hydrogen) atoms. The largest absolute Gasteiger partial charge is 0.497 e. The van der Waals surface area contributed by atoms with Crippen molar-refractivity contribution in [2.45, 2.75) is 76.3 Å². The van der Waals surface area contributed by atoms with E-state index in [1.54, 1.807) is 14.2 Å². The van der Waals surface area contributed by atoms with Crippen molar-refractivity contribution in [2.24, 2.45) is 0 Å². The predicted molar refractivity (Wildman–Crippen MR) is 217 cm³/mol. The molecule has 1 N–H and O–H groups in total. The first kappa shape index (κ1) is 42.5. The Kier molecular flexibility index (Phi) is 15.0. The molecule has 3 aromatic carbocycles. The van der Waals surface area contributed by atoms with Gasteiger partial charge in [-0.15, -0.1) is 0 Å². The van der Waals surface area contributed by atoms with Crippen molar-refractivity contribution in [1.29, 1.82) is 5.26 Å². The van der Waals surface area contributed by atoms with Crippen LogP contribution in [0.2, 0.25) is 0 Å². The van der Waals surface area contributed by atoms with Crippen molar-refractivity contribution >= 4 is 31.1 Å². The third-order valence-electron chi connectivity index (χ3n) is 9.27. The summed E-state index contributed by atoms with van der Waals surface area (Å²) in [7, 11) is 2.98. The number of methoxy groups -OCH3 is 3. The number of benzene rings is 3. The molecule has 0 amide bonds. The van der Waals surface area contributed by atoms with Crippen LogP contribution >= 0.6 is 31.1 Å². The molecular weight excluding hydrogens is 838 g/mol. The van der Waals surface area contributed by atoms with Gasteiger partial charge in [-0.05, 0) is 91.2 Å². The van der Waals surface area contributed by atoms with E-state index < -0.39 is 49.9 Å². The lowest BCUT2D eigenvalue weighted by atomic mass is 9.80. The number of H-pyrrole nitrogens is 1. The van der Waals surface area contributed by atoms with Crippen LogP contribution < -0.4 is 20.7 Å². The summed E-state index contributed by atoms with van der Waals surface area (Å²) in [4.78, 5) is 28.1. The average Bonchev–Trinajstić information content (AvgIpc) is 3.53. The molecular formula is C40H48IN4O9P. The number of nitrogens with one attached hydrogen (secondary N) is 1. The van der Waals surface area contributed by atoms with Crippen LogP contribution in [0.4, 0.5) is 0 Å². The van der Waals surface area contributed by atoms with Gasteiger partial charge in [-0.2, -0.15) is 5.26 Å². The number of halogens is 1. The number of hydrogen-bond acceptors (Lipinski definition) is 11. The summed E-state index contributed by atoms with van der Waals surface area (Å²) in [5.41, 5.74) is 0.131. The fourth-order valence-corrected chi connectivity index (χ4v) is 8.98. The minimum atomic E-state index is -1.78. The number of hydrogen-bond donors (Lipinski definition) is 1. The van der Waals surface area contributed by atoms with Crippen molar-refractivity contribution < 1.29 is 32.7 Å². The Morgan fingerprint density at radius 2 is 1.45 bits per heavy atom. The standard InChI is InChI=1S/C40H48IN4O9P/c1-26(2)45(27(3)4)55(52-23-11-22-42)54-35-34(53-38(36(35)50-7)44-24-33(41)37(46)43-39(44)47)25-51-40(28-12-9-8-10-13-28,29-14-18-31(48-5)19-15-29)30-16-20-32(49-6)21-17-30/h8-10,12-21,24,26-27,34-36,38H,11,23,25H2,1-7H3,(H,43,46,47)/t34-,35?,36+,38-,55?/m1/s1. The smallest absolute Gasteiger partial charge is 0.330 e. The maximum absolute atomic E-state index is 13.3. The topological polar surface area (TPSA) is 147 Å². The van der Waals surface area contributed by atoms with E-state index in [0.717, 1.165) is 16.7 Å². The molecule has 1 aromatic heterocycles. The normalized spacial score (nSPS) is 19.2. The van der Waals surface area contributed by atoms with E-state index in [0.29, 0.717) is 15.1 Å². The monoisotopic (exact) mass is 886 g/mol. The number of nitriles is 1. The Balaban J connectivity index is 1.66. The minimum absolute atomic E-state index is 0.0151. The molecule has 0 spiro atoms. The van der Waals surface area contributed by atoms with Crippen molar-refractivity contribution in [3.63, 3.8) is 0 Å². The van der Waals surface area contributed by atoms with E-state index >= 15 is 0 Å². The van der Waals surface area contributed by atoms with Crippen LogP contribution in [0, 0.1) is 14.9 Å². The zero-order chi connectivity index (χ0) is 39.7. The molecule has 1 aliphatic rings. The van der Waals surface area contributed by atoms with Crippen molar-refractivity contribution in [3.05, 3.63) is 126 Å². The fraction of sp³-hybridized carbons (Fsp3) is 0.425. The third kappa shape index (κ3) is 9.49. The SMILES string of the molecule is COc1ccc(C(OC[C@H]2O[C@@H](n3cc(I)c(=O)[nH]c3=O)[C@@H](OC)C2OP(OCCC#N)N(C(C)C)C(C)C)(c2ccccc2)c2ccc(OC)cc2)cc1. The lowest BCUT2D eigenvalue weighted by molar-refractivity contribution is -0.0958. The molecule has 5 atom stereocenters. The highest BCUT2D eigenvalue weighted by Crippen LogP contribution is 2.51. The van der Waals surface area contributed by atoms with Crippen LogP contribution in [-0.2, 0) is 28.9 Å². The minimum Gasteiger partial charge on any atom is -0.497 e. The van der Waals surface area contributed by atoms with E-state index in [-0.39, 0.29) is 31.7 Å². The van der Waals surface area contributed by atoms with Crippen LogP contribution in [0.15, 0.2) is 94.6 Å². The molecule has 2 unspecified atom stereocenters. The van der Waals surface area contributed by atoms with Gasteiger partial charge in [-0.3, -0.25) is 14.3 Å². The zero-order valence-electron chi connectivity index (χ0n) is 32.0. The summed E-state index contributed by atoms with van der Waals surface area (Å²) in [6.07, 6.45) is -1.94. The van der Waals surface area contributed by atoms with Crippen molar-refractivity contribution in [3.8, 4) is 17.6 Å². The van der Waals surface area contributed by atoms with Gasteiger partial charge in [0.25, 0.3) is 14.1 Å². The highest BCUT2D eigenvalue weighted by Gasteiger charge is 2.51. The second-order valence-electron chi connectivity index (χ2n) is 13.3. The van der Waals surface area contributed by atoms with Crippen LogP contribution in [0.1, 0.15) is 57.0 Å². The highest BCUT2D eigenvalue weighted by atomic mass is 127. The molecule has 0 radical (unpaired) electrons. The number of ether oxygens (including phenoxy) is 5. The zero-order valence-corrected chi connectivity index (χ0v) is 35.1.